The van der Waals surface area contributed by atoms with Gasteiger partial charge in [0.15, 0.2) is 5.82 Å². The molecule has 0 radical (unpaired) electrons. The number of nitrogens with one attached hydrogen (secondary N) is 2. The van der Waals surface area contributed by atoms with Gasteiger partial charge in [0, 0.05) is 53.7 Å². The van der Waals surface area contributed by atoms with E-state index in [-0.39, 0.29) is 29.5 Å². The third-order valence-corrected chi connectivity index (χ3v) is 12.3. The molecule has 5 aromatic rings. The van der Waals surface area contributed by atoms with Crippen molar-refractivity contribution in [3.05, 3.63) is 122 Å². The summed E-state index contributed by atoms with van der Waals surface area (Å²) in [6.07, 6.45) is 8.07. The first kappa shape index (κ1) is 35.7. The topological polar surface area (TPSA) is 157 Å². The van der Waals surface area contributed by atoms with Gasteiger partial charge in [0.1, 0.15) is 11.9 Å². The number of carbonyl (C=O) groups is 3. The molecule has 16 heteroatoms. The van der Waals surface area contributed by atoms with E-state index in [0.29, 0.717) is 49.7 Å². The number of hydrogen-bond acceptors (Lipinski definition) is 10. The lowest BCUT2D eigenvalue weighted by molar-refractivity contribution is -0.136. The third-order valence-electron chi connectivity index (χ3n) is 10.6. The zero-order valence-electron chi connectivity index (χ0n) is 30.6. The molecule has 1 saturated heterocycles. The van der Waals surface area contributed by atoms with Crippen LogP contribution >= 0.6 is 23.4 Å². The number of imide groups is 1. The van der Waals surface area contributed by atoms with Crippen LogP contribution in [-0.2, 0) is 42.3 Å². The number of rotatable bonds is 8. The van der Waals surface area contributed by atoms with E-state index < -0.39 is 11.9 Å². The van der Waals surface area contributed by atoms with Crippen LogP contribution in [0.2, 0.25) is 5.02 Å². The lowest BCUT2D eigenvalue weighted by Gasteiger charge is -2.29. The Morgan fingerprint density at radius 2 is 1.89 bits per heavy atom. The summed E-state index contributed by atoms with van der Waals surface area (Å²) in [5.41, 5.74) is 7.09. The number of piperidine rings is 1. The van der Waals surface area contributed by atoms with E-state index >= 15 is 0 Å². The van der Waals surface area contributed by atoms with Gasteiger partial charge in [-0.05, 0) is 55.7 Å². The van der Waals surface area contributed by atoms with E-state index in [0.717, 1.165) is 50.3 Å². The van der Waals surface area contributed by atoms with Crippen molar-refractivity contribution >= 4 is 52.5 Å². The van der Waals surface area contributed by atoms with Crippen LogP contribution in [0.5, 0.6) is 0 Å². The van der Waals surface area contributed by atoms with Gasteiger partial charge in [0.25, 0.3) is 5.91 Å². The molecule has 0 saturated carbocycles. The number of allylic oxidation sites excluding steroid dienone is 2. The number of fused-ring (bicyclic) bond motifs is 4. The summed E-state index contributed by atoms with van der Waals surface area (Å²) in [7, 11) is 0. The van der Waals surface area contributed by atoms with Crippen molar-refractivity contribution in [2.45, 2.75) is 70.8 Å². The number of imidazole rings is 1. The highest BCUT2D eigenvalue weighted by Crippen LogP contribution is 2.51. The Kier molecular flexibility index (Phi) is 9.30. The molecule has 9 rings (SSSR count). The first-order valence-corrected chi connectivity index (χ1v) is 19.6. The van der Waals surface area contributed by atoms with Gasteiger partial charge in [-0.2, -0.15) is 5.10 Å². The molecule has 0 aliphatic carbocycles. The smallest absolute Gasteiger partial charge is 0.255 e. The van der Waals surface area contributed by atoms with Crippen molar-refractivity contribution in [1.29, 1.82) is 0 Å². The van der Waals surface area contributed by atoms with Gasteiger partial charge in [0.05, 0.1) is 65.3 Å². The van der Waals surface area contributed by atoms with Gasteiger partial charge in [-0.25, -0.2) is 4.98 Å². The van der Waals surface area contributed by atoms with E-state index in [2.05, 4.69) is 54.2 Å². The standard InChI is InChI=1S/C40H36ClN11O3S/c1-23-33(56-40-36(23)37(26-7-9-27(41)10-8-26)43-18-34-48-47-24(2)52(34)40)12-6-25-16-45-50(19-25)15-14-49-20-28(44-22-49)17-42-31-5-3-4-29-30(31)21-51(39(29)55)32-11-13-35(53)46-38(32)54/h3-5,7-10,16,19-20,22,32,36,40,42H,11,13-15,17-18,21H2,1-2H3,(H,46,53,54). The van der Waals surface area contributed by atoms with Crippen molar-refractivity contribution < 1.29 is 14.4 Å². The predicted octanol–water partition coefficient (Wildman–Crippen LogP) is 4.90. The summed E-state index contributed by atoms with van der Waals surface area (Å²) in [4.78, 5) is 49.5. The van der Waals surface area contributed by atoms with Gasteiger partial charge in [0.2, 0.25) is 11.8 Å². The van der Waals surface area contributed by atoms with Gasteiger partial charge >= 0.3 is 0 Å². The largest absolute Gasteiger partial charge is 0.379 e. The fourth-order valence-electron chi connectivity index (χ4n) is 7.76. The molecule has 7 heterocycles. The van der Waals surface area contributed by atoms with Crippen LogP contribution in [0.25, 0.3) is 0 Å². The van der Waals surface area contributed by atoms with E-state index in [1.165, 1.54) is 5.57 Å². The number of aliphatic imine (C=N–C) groups is 1. The van der Waals surface area contributed by atoms with Gasteiger partial charge in [-0.3, -0.25) is 33.9 Å². The quantitative estimate of drug-likeness (QED) is 0.165. The number of carbonyl (C=O) groups excluding carboxylic acids is 3. The van der Waals surface area contributed by atoms with E-state index in [1.807, 2.05) is 65.0 Å². The number of aromatic nitrogens is 7. The summed E-state index contributed by atoms with van der Waals surface area (Å²) in [6.45, 7) is 6.64. The average molecular weight is 786 g/mol. The number of halogens is 1. The van der Waals surface area contributed by atoms with Crippen LogP contribution in [0.3, 0.4) is 0 Å². The predicted molar refractivity (Wildman–Crippen MR) is 210 cm³/mol. The number of amides is 3. The Labute approximate surface area is 331 Å². The molecular weight excluding hydrogens is 750 g/mol. The van der Waals surface area contributed by atoms with Gasteiger partial charge < -0.3 is 14.8 Å². The SMILES string of the molecule is CC1=C(C#Cc2cnn(CCn3cnc(CNc4cccc5c4CN(C4CCC(=O)NC4=O)C5=O)c3)c2)SC2C1C(c1ccc(Cl)cc1)=NCc1nnc(C)n12. The van der Waals surface area contributed by atoms with Crippen molar-refractivity contribution in [1.82, 2.24) is 44.3 Å². The van der Waals surface area contributed by atoms with Crippen LogP contribution in [0.4, 0.5) is 5.69 Å². The second kappa shape index (κ2) is 14.6. The maximum Gasteiger partial charge on any atom is 0.255 e. The number of thioether (sulfide) groups is 1. The highest BCUT2D eigenvalue weighted by molar-refractivity contribution is 8.03. The molecule has 1 fully saturated rings. The molecule has 56 heavy (non-hydrogen) atoms. The molecule has 3 unspecified atom stereocenters. The molecule has 0 bridgehead atoms. The van der Waals surface area contributed by atoms with Crippen molar-refractivity contribution in [2.75, 3.05) is 5.32 Å². The average Bonchev–Trinajstić information content (AvgIpc) is 4.02. The monoisotopic (exact) mass is 785 g/mol. The number of nitrogens with zero attached hydrogens (tertiary/aromatic N) is 9. The number of hydrogen-bond donors (Lipinski definition) is 2. The molecule has 3 amide bonds. The molecule has 2 N–H and O–H groups in total. The Morgan fingerprint density at radius 1 is 1.04 bits per heavy atom. The molecule has 3 aromatic heterocycles. The second-order valence-electron chi connectivity index (χ2n) is 14.2. The van der Waals surface area contributed by atoms with E-state index in [4.69, 9.17) is 16.6 Å². The van der Waals surface area contributed by atoms with Crippen LogP contribution in [0, 0.1) is 24.7 Å². The minimum atomic E-state index is -0.657. The van der Waals surface area contributed by atoms with Crippen LogP contribution in [-0.4, -0.2) is 68.5 Å². The molecule has 2 aromatic carbocycles. The third kappa shape index (κ3) is 6.69. The maximum atomic E-state index is 13.2. The molecule has 3 atom stereocenters. The van der Waals surface area contributed by atoms with Gasteiger partial charge in [-0.1, -0.05) is 53.4 Å². The first-order valence-electron chi connectivity index (χ1n) is 18.3. The zero-order chi connectivity index (χ0) is 38.5. The molecule has 14 nitrogen and oxygen atoms in total. The first-order chi connectivity index (χ1) is 27.2. The van der Waals surface area contributed by atoms with Crippen molar-refractivity contribution in [3.63, 3.8) is 0 Å². The summed E-state index contributed by atoms with van der Waals surface area (Å²) < 4.78 is 6.10. The molecule has 282 valence electrons. The molecule has 0 spiro atoms. The van der Waals surface area contributed by atoms with Gasteiger partial charge in [-0.15, -0.1) is 10.2 Å². The Bertz CT molecular complexity index is 2540. The summed E-state index contributed by atoms with van der Waals surface area (Å²) in [6, 6.07) is 12.7. The normalized spacial score (nSPS) is 20.2. The van der Waals surface area contributed by atoms with Crippen LogP contribution < -0.4 is 10.6 Å². The highest BCUT2D eigenvalue weighted by Gasteiger charge is 2.42. The molecular formula is C40H36ClN11O3S. The zero-order valence-corrected chi connectivity index (χ0v) is 32.1. The fourth-order valence-corrected chi connectivity index (χ4v) is 9.40. The number of anilines is 1. The Balaban J connectivity index is 0.835. The van der Waals surface area contributed by atoms with E-state index in [9.17, 15) is 14.4 Å². The Morgan fingerprint density at radius 3 is 2.73 bits per heavy atom. The van der Waals surface area contributed by atoms with Crippen molar-refractivity contribution in [2.24, 2.45) is 10.9 Å². The highest BCUT2D eigenvalue weighted by atomic mass is 35.5. The second-order valence-corrected chi connectivity index (χ2v) is 15.7. The van der Waals surface area contributed by atoms with E-state index in [1.54, 1.807) is 35.3 Å². The molecule has 4 aliphatic heterocycles. The van der Waals surface area contributed by atoms with Crippen molar-refractivity contribution in [3.8, 4) is 11.8 Å². The Hall–Kier alpha value is -5.98. The fraction of sp³-hybridized carbons (Fsp3) is 0.300. The molecule has 4 aliphatic rings. The van der Waals surface area contributed by atoms with Crippen LogP contribution in [0.15, 0.2) is 82.9 Å². The van der Waals surface area contributed by atoms with Crippen LogP contribution in [0.1, 0.15) is 69.5 Å². The summed E-state index contributed by atoms with van der Waals surface area (Å²) in [5, 5.41) is 19.8. The lowest BCUT2D eigenvalue weighted by atomic mass is 9.89. The summed E-state index contributed by atoms with van der Waals surface area (Å²) in [5.74, 6) is 7.57. The maximum absolute atomic E-state index is 13.2. The number of aryl methyl sites for hydroxylation is 3. The lowest BCUT2D eigenvalue weighted by Crippen LogP contribution is -2.52. The number of benzene rings is 2. The summed E-state index contributed by atoms with van der Waals surface area (Å²) >= 11 is 7.95. The minimum absolute atomic E-state index is 0.00674. The minimum Gasteiger partial charge on any atom is -0.379 e.